The summed E-state index contributed by atoms with van der Waals surface area (Å²) in [5, 5.41) is 9.11. The molecule has 124 valence electrons. The number of likely N-dealkylation sites (tertiary alicyclic amines) is 1. The topological polar surface area (TPSA) is 77.0 Å². The lowest BCUT2D eigenvalue weighted by Gasteiger charge is -2.35. The SMILES string of the molecule is Cc1[nH]c(=O)c(C#N)c(C)c1CCC(=O)N1C[C@H](C)C[C@H](C)C1. The summed E-state index contributed by atoms with van der Waals surface area (Å²) in [7, 11) is 0. The van der Waals surface area contributed by atoms with E-state index < -0.39 is 0 Å². The van der Waals surface area contributed by atoms with Crippen molar-refractivity contribution in [2.75, 3.05) is 13.1 Å². The zero-order valence-corrected chi connectivity index (χ0v) is 14.4. The van der Waals surface area contributed by atoms with Gasteiger partial charge < -0.3 is 9.88 Å². The number of H-pyrrole nitrogens is 1. The predicted molar refractivity (Wildman–Crippen MR) is 89.1 cm³/mol. The average Bonchev–Trinajstić information content (AvgIpc) is 2.45. The molecule has 0 spiro atoms. The molecule has 2 rings (SSSR count). The van der Waals surface area contributed by atoms with E-state index in [9.17, 15) is 9.59 Å². The van der Waals surface area contributed by atoms with Crippen LogP contribution in [0.1, 0.15) is 49.1 Å². The minimum atomic E-state index is -0.351. The van der Waals surface area contributed by atoms with Crippen molar-refractivity contribution in [1.82, 2.24) is 9.88 Å². The normalized spacial score (nSPS) is 21.1. The van der Waals surface area contributed by atoms with E-state index in [1.165, 1.54) is 6.42 Å². The third-order valence-electron chi connectivity index (χ3n) is 4.73. The number of aromatic amines is 1. The second kappa shape index (κ2) is 6.99. The fourth-order valence-corrected chi connectivity index (χ4v) is 3.68. The molecule has 1 aliphatic rings. The van der Waals surface area contributed by atoms with Gasteiger partial charge in [-0.05, 0) is 49.7 Å². The van der Waals surface area contributed by atoms with E-state index in [1.807, 2.05) is 17.9 Å². The summed E-state index contributed by atoms with van der Waals surface area (Å²) in [5.41, 5.74) is 2.16. The molecule has 0 radical (unpaired) electrons. The van der Waals surface area contributed by atoms with Crippen LogP contribution in [0.4, 0.5) is 0 Å². The molecule has 5 nitrogen and oxygen atoms in total. The summed E-state index contributed by atoms with van der Waals surface area (Å²) in [6.07, 6.45) is 2.15. The van der Waals surface area contributed by atoms with Gasteiger partial charge in [0.1, 0.15) is 11.6 Å². The highest BCUT2D eigenvalue weighted by atomic mass is 16.2. The molecule has 2 heterocycles. The first-order valence-corrected chi connectivity index (χ1v) is 8.23. The third-order valence-corrected chi connectivity index (χ3v) is 4.73. The number of pyridine rings is 1. The summed E-state index contributed by atoms with van der Waals surface area (Å²) in [4.78, 5) is 28.9. The standard InChI is InChI=1S/C18H25N3O2/c1-11-7-12(2)10-21(9-11)17(22)6-5-15-13(3)16(8-19)18(23)20-14(15)4/h11-12H,5-7,9-10H2,1-4H3,(H,20,23)/t11-,12+. The maximum atomic E-state index is 12.5. The number of aryl methyl sites for hydroxylation is 1. The molecule has 1 aromatic heterocycles. The molecular formula is C18H25N3O2. The Morgan fingerprint density at radius 1 is 1.30 bits per heavy atom. The first-order valence-electron chi connectivity index (χ1n) is 8.23. The second-order valence-corrected chi connectivity index (χ2v) is 6.91. The monoisotopic (exact) mass is 315 g/mol. The summed E-state index contributed by atoms with van der Waals surface area (Å²) in [6, 6.07) is 1.95. The smallest absolute Gasteiger partial charge is 0.266 e. The number of nitrogens with zero attached hydrogens (tertiary/aromatic N) is 2. The highest BCUT2D eigenvalue weighted by Gasteiger charge is 2.25. The maximum absolute atomic E-state index is 12.5. The lowest BCUT2D eigenvalue weighted by Crippen LogP contribution is -2.42. The van der Waals surface area contributed by atoms with Crippen LogP contribution in [0.15, 0.2) is 4.79 Å². The molecule has 1 amide bonds. The minimum absolute atomic E-state index is 0.151. The minimum Gasteiger partial charge on any atom is -0.342 e. The maximum Gasteiger partial charge on any atom is 0.266 e. The fraction of sp³-hybridized carbons (Fsp3) is 0.611. The number of rotatable bonds is 3. The summed E-state index contributed by atoms with van der Waals surface area (Å²) in [5.74, 6) is 1.25. The molecule has 1 aromatic rings. The molecule has 5 heteroatoms. The highest BCUT2D eigenvalue weighted by Crippen LogP contribution is 2.22. The van der Waals surface area contributed by atoms with E-state index in [1.54, 1.807) is 6.92 Å². The van der Waals surface area contributed by atoms with E-state index in [-0.39, 0.29) is 17.0 Å². The van der Waals surface area contributed by atoms with E-state index in [0.717, 1.165) is 24.3 Å². The molecule has 0 aliphatic carbocycles. The third kappa shape index (κ3) is 3.82. The van der Waals surface area contributed by atoms with Crippen molar-refractivity contribution in [3.8, 4) is 6.07 Å². The molecular weight excluding hydrogens is 290 g/mol. The van der Waals surface area contributed by atoms with Gasteiger partial charge in [0.25, 0.3) is 5.56 Å². The Labute approximate surface area is 137 Å². The molecule has 23 heavy (non-hydrogen) atoms. The zero-order valence-electron chi connectivity index (χ0n) is 14.4. The molecule has 0 unspecified atom stereocenters. The van der Waals surface area contributed by atoms with Gasteiger partial charge >= 0.3 is 0 Å². The van der Waals surface area contributed by atoms with Gasteiger partial charge in [-0.15, -0.1) is 0 Å². The number of nitrogens with one attached hydrogen (secondary N) is 1. The molecule has 0 aromatic carbocycles. The van der Waals surface area contributed by atoms with Gasteiger partial charge in [0.05, 0.1) is 0 Å². The Bertz CT molecular complexity index is 689. The van der Waals surface area contributed by atoms with Crippen LogP contribution in [0.5, 0.6) is 0 Å². The first kappa shape index (κ1) is 17.3. The number of carbonyl (C=O) groups excluding carboxylic acids is 1. The van der Waals surface area contributed by atoms with Crippen LogP contribution in [0.25, 0.3) is 0 Å². The van der Waals surface area contributed by atoms with Crippen LogP contribution < -0.4 is 5.56 Å². The van der Waals surface area contributed by atoms with Gasteiger partial charge in [0, 0.05) is 25.2 Å². The number of carbonyl (C=O) groups is 1. The number of hydrogen-bond donors (Lipinski definition) is 1. The van der Waals surface area contributed by atoms with Gasteiger partial charge in [0.15, 0.2) is 0 Å². The molecule has 1 N–H and O–H groups in total. The lowest BCUT2D eigenvalue weighted by atomic mass is 9.91. The lowest BCUT2D eigenvalue weighted by molar-refractivity contribution is -0.133. The Morgan fingerprint density at radius 3 is 2.48 bits per heavy atom. The van der Waals surface area contributed by atoms with Crippen LogP contribution in [-0.4, -0.2) is 28.9 Å². The largest absolute Gasteiger partial charge is 0.342 e. The molecule has 0 saturated carbocycles. The number of aromatic nitrogens is 1. The van der Waals surface area contributed by atoms with Gasteiger partial charge in [-0.2, -0.15) is 5.26 Å². The van der Waals surface area contributed by atoms with Crippen molar-refractivity contribution in [3.63, 3.8) is 0 Å². The van der Waals surface area contributed by atoms with Crippen molar-refractivity contribution in [1.29, 1.82) is 5.26 Å². The Morgan fingerprint density at radius 2 is 1.91 bits per heavy atom. The van der Waals surface area contributed by atoms with Crippen LogP contribution in [0.3, 0.4) is 0 Å². The highest BCUT2D eigenvalue weighted by molar-refractivity contribution is 5.76. The summed E-state index contributed by atoms with van der Waals surface area (Å²) >= 11 is 0. The van der Waals surface area contributed by atoms with Gasteiger partial charge in [0.2, 0.25) is 5.91 Å². The van der Waals surface area contributed by atoms with E-state index in [4.69, 9.17) is 5.26 Å². The summed E-state index contributed by atoms with van der Waals surface area (Å²) < 4.78 is 0. The second-order valence-electron chi connectivity index (χ2n) is 6.91. The molecule has 0 bridgehead atoms. The van der Waals surface area contributed by atoms with Gasteiger partial charge in [-0.3, -0.25) is 9.59 Å². The Kier molecular flexibility index (Phi) is 5.25. The van der Waals surface area contributed by atoms with Crippen molar-refractivity contribution in [2.24, 2.45) is 11.8 Å². The first-order chi connectivity index (χ1) is 10.8. The zero-order chi connectivity index (χ0) is 17.1. The van der Waals surface area contributed by atoms with Crippen LogP contribution >= 0.6 is 0 Å². The molecule has 1 fully saturated rings. The van der Waals surface area contributed by atoms with E-state index >= 15 is 0 Å². The van der Waals surface area contributed by atoms with Crippen LogP contribution in [-0.2, 0) is 11.2 Å². The number of nitriles is 1. The van der Waals surface area contributed by atoms with E-state index in [0.29, 0.717) is 30.2 Å². The number of hydrogen-bond acceptors (Lipinski definition) is 3. The van der Waals surface area contributed by atoms with Crippen LogP contribution in [0.2, 0.25) is 0 Å². The predicted octanol–water partition coefficient (Wildman–Crippen LogP) is 2.30. The number of piperidine rings is 1. The molecule has 1 aliphatic heterocycles. The average molecular weight is 315 g/mol. The van der Waals surface area contributed by atoms with Crippen molar-refractivity contribution >= 4 is 5.91 Å². The number of amides is 1. The van der Waals surface area contributed by atoms with Crippen LogP contribution in [0, 0.1) is 37.0 Å². The Balaban J connectivity index is 2.11. The van der Waals surface area contributed by atoms with Crippen molar-refractivity contribution in [2.45, 2.75) is 47.0 Å². The van der Waals surface area contributed by atoms with Gasteiger partial charge in [-0.25, -0.2) is 0 Å². The fourth-order valence-electron chi connectivity index (χ4n) is 3.68. The summed E-state index contributed by atoms with van der Waals surface area (Å²) in [6.45, 7) is 9.63. The van der Waals surface area contributed by atoms with Crippen molar-refractivity contribution in [3.05, 3.63) is 32.7 Å². The Hall–Kier alpha value is -2.09. The quantitative estimate of drug-likeness (QED) is 0.929. The molecule has 1 saturated heterocycles. The van der Waals surface area contributed by atoms with Crippen molar-refractivity contribution < 1.29 is 4.79 Å². The molecule has 2 atom stereocenters. The van der Waals surface area contributed by atoms with Gasteiger partial charge in [-0.1, -0.05) is 13.8 Å². The van der Waals surface area contributed by atoms with E-state index in [2.05, 4.69) is 18.8 Å².